The summed E-state index contributed by atoms with van der Waals surface area (Å²) in [6, 6.07) is 5.15. The van der Waals surface area contributed by atoms with Gasteiger partial charge < -0.3 is 15.2 Å². The van der Waals surface area contributed by atoms with Gasteiger partial charge in [-0.15, -0.1) is 0 Å². The van der Waals surface area contributed by atoms with Gasteiger partial charge in [0.25, 0.3) is 5.91 Å². The molecular formula is C15H21NO4. The standard InChI is InChI=1S/C15H21NO4/c1-4-5-12(15(18)19)9-16-14(17)11-7-6-10(2)13(8-11)20-3/h6-8,12H,4-5,9H2,1-3H3,(H,16,17)(H,18,19). The Morgan fingerprint density at radius 3 is 2.65 bits per heavy atom. The first kappa shape index (κ1) is 16.0. The van der Waals surface area contributed by atoms with Gasteiger partial charge in [-0.1, -0.05) is 19.4 Å². The summed E-state index contributed by atoms with van der Waals surface area (Å²) in [4.78, 5) is 23.0. The van der Waals surface area contributed by atoms with Gasteiger partial charge in [-0.3, -0.25) is 9.59 Å². The van der Waals surface area contributed by atoms with Gasteiger partial charge in [0.05, 0.1) is 13.0 Å². The average Bonchev–Trinajstić information content (AvgIpc) is 2.43. The monoisotopic (exact) mass is 279 g/mol. The summed E-state index contributed by atoms with van der Waals surface area (Å²) in [6.45, 7) is 3.95. The Balaban J connectivity index is 2.69. The van der Waals surface area contributed by atoms with Crippen molar-refractivity contribution in [2.75, 3.05) is 13.7 Å². The zero-order valence-corrected chi connectivity index (χ0v) is 12.1. The van der Waals surface area contributed by atoms with Crippen LogP contribution in [0.4, 0.5) is 0 Å². The zero-order valence-electron chi connectivity index (χ0n) is 12.1. The van der Waals surface area contributed by atoms with Crippen LogP contribution in [-0.4, -0.2) is 30.6 Å². The number of carbonyl (C=O) groups is 2. The molecule has 0 saturated heterocycles. The summed E-state index contributed by atoms with van der Waals surface area (Å²) in [5.74, 6) is -1.07. The molecule has 0 aliphatic carbocycles. The number of carbonyl (C=O) groups excluding carboxylic acids is 1. The molecule has 2 N–H and O–H groups in total. The minimum Gasteiger partial charge on any atom is -0.496 e. The van der Waals surface area contributed by atoms with E-state index in [0.717, 1.165) is 12.0 Å². The number of hydrogen-bond donors (Lipinski definition) is 2. The second-order valence-electron chi connectivity index (χ2n) is 4.72. The molecule has 0 bridgehead atoms. The van der Waals surface area contributed by atoms with Crippen molar-refractivity contribution in [1.29, 1.82) is 0 Å². The van der Waals surface area contributed by atoms with Gasteiger partial charge in [0, 0.05) is 12.1 Å². The van der Waals surface area contributed by atoms with Crippen LogP contribution >= 0.6 is 0 Å². The first-order valence-electron chi connectivity index (χ1n) is 6.65. The predicted molar refractivity (Wildman–Crippen MR) is 76.1 cm³/mol. The highest BCUT2D eigenvalue weighted by Crippen LogP contribution is 2.19. The fraction of sp³-hybridized carbons (Fsp3) is 0.467. The van der Waals surface area contributed by atoms with Crippen molar-refractivity contribution in [2.45, 2.75) is 26.7 Å². The molecule has 0 aliphatic heterocycles. The Kier molecular flexibility index (Phi) is 6.03. The number of ether oxygens (including phenoxy) is 1. The molecule has 1 rings (SSSR count). The van der Waals surface area contributed by atoms with E-state index in [4.69, 9.17) is 9.84 Å². The molecule has 1 atom stereocenters. The van der Waals surface area contributed by atoms with Gasteiger partial charge >= 0.3 is 5.97 Å². The molecular weight excluding hydrogens is 258 g/mol. The summed E-state index contributed by atoms with van der Waals surface area (Å²) >= 11 is 0. The molecule has 110 valence electrons. The highest BCUT2D eigenvalue weighted by Gasteiger charge is 2.18. The lowest BCUT2D eigenvalue weighted by atomic mass is 10.0. The van der Waals surface area contributed by atoms with E-state index in [-0.39, 0.29) is 12.5 Å². The fourth-order valence-electron chi connectivity index (χ4n) is 1.94. The van der Waals surface area contributed by atoms with Crippen LogP contribution in [0.15, 0.2) is 18.2 Å². The molecule has 0 spiro atoms. The molecule has 1 unspecified atom stereocenters. The van der Waals surface area contributed by atoms with Crippen LogP contribution in [0.2, 0.25) is 0 Å². The van der Waals surface area contributed by atoms with Crippen LogP contribution < -0.4 is 10.1 Å². The number of amides is 1. The number of hydrogen-bond acceptors (Lipinski definition) is 3. The number of methoxy groups -OCH3 is 1. The summed E-state index contributed by atoms with van der Waals surface area (Å²) in [7, 11) is 1.55. The molecule has 0 radical (unpaired) electrons. The van der Waals surface area contributed by atoms with Crippen LogP contribution in [0, 0.1) is 12.8 Å². The van der Waals surface area contributed by atoms with E-state index >= 15 is 0 Å². The highest BCUT2D eigenvalue weighted by atomic mass is 16.5. The summed E-state index contributed by atoms with van der Waals surface area (Å²) in [5.41, 5.74) is 1.41. The van der Waals surface area contributed by atoms with Gasteiger partial charge in [0.2, 0.25) is 0 Å². The highest BCUT2D eigenvalue weighted by molar-refractivity contribution is 5.94. The largest absolute Gasteiger partial charge is 0.496 e. The average molecular weight is 279 g/mol. The predicted octanol–water partition coefficient (Wildman–Crippen LogP) is 2.23. The molecule has 0 fully saturated rings. The van der Waals surface area contributed by atoms with E-state index in [0.29, 0.717) is 17.7 Å². The normalized spacial score (nSPS) is 11.8. The topological polar surface area (TPSA) is 75.6 Å². The van der Waals surface area contributed by atoms with Crippen molar-refractivity contribution < 1.29 is 19.4 Å². The Labute approximate surface area is 118 Å². The maximum Gasteiger partial charge on any atom is 0.308 e. The third kappa shape index (κ3) is 4.26. The second kappa shape index (κ2) is 7.53. The van der Waals surface area contributed by atoms with E-state index in [1.54, 1.807) is 25.3 Å². The number of rotatable bonds is 7. The second-order valence-corrected chi connectivity index (χ2v) is 4.72. The number of aliphatic carboxylic acids is 1. The molecule has 0 saturated carbocycles. The lowest BCUT2D eigenvalue weighted by molar-refractivity contribution is -0.141. The minimum absolute atomic E-state index is 0.137. The van der Waals surface area contributed by atoms with Crippen molar-refractivity contribution in [2.24, 2.45) is 5.92 Å². The maximum atomic E-state index is 12.0. The molecule has 0 heterocycles. The van der Waals surface area contributed by atoms with Gasteiger partial charge in [0.15, 0.2) is 0 Å². The van der Waals surface area contributed by atoms with E-state index in [2.05, 4.69) is 5.32 Å². The van der Waals surface area contributed by atoms with Crippen molar-refractivity contribution in [3.05, 3.63) is 29.3 Å². The lowest BCUT2D eigenvalue weighted by Crippen LogP contribution is -2.32. The third-order valence-electron chi connectivity index (χ3n) is 3.17. The fourth-order valence-corrected chi connectivity index (χ4v) is 1.94. The van der Waals surface area contributed by atoms with Crippen molar-refractivity contribution >= 4 is 11.9 Å². The number of carboxylic acids is 1. The number of aryl methyl sites for hydroxylation is 1. The van der Waals surface area contributed by atoms with Gasteiger partial charge in [0.1, 0.15) is 5.75 Å². The first-order chi connectivity index (χ1) is 9.49. The molecule has 0 aliphatic rings. The molecule has 5 nitrogen and oxygen atoms in total. The van der Waals surface area contributed by atoms with Crippen molar-refractivity contribution in [1.82, 2.24) is 5.32 Å². The lowest BCUT2D eigenvalue weighted by Gasteiger charge is -2.13. The molecule has 20 heavy (non-hydrogen) atoms. The van der Waals surface area contributed by atoms with Crippen LogP contribution in [0.1, 0.15) is 35.7 Å². The molecule has 1 aromatic rings. The van der Waals surface area contributed by atoms with Crippen LogP contribution in [0.25, 0.3) is 0 Å². The van der Waals surface area contributed by atoms with Gasteiger partial charge in [-0.05, 0) is 31.0 Å². The molecule has 1 amide bonds. The van der Waals surface area contributed by atoms with E-state index in [1.807, 2.05) is 13.8 Å². The van der Waals surface area contributed by atoms with Crippen LogP contribution in [-0.2, 0) is 4.79 Å². The maximum absolute atomic E-state index is 12.0. The molecule has 5 heteroatoms. The Bertz CT molecular complexity index is 485. The Morgan fingerprint density at radius 2 is 2.10 bits per heavy atom. The minimum atomic E-state index is -0.881. The van der Waals surface area contributed by atoms with Crippen molar-refractivity contribution in [3.8, 4) is 5.75 Å². The van der Waals surface area contributed by atoms with E-state index in [9.17, 15) is 9.59 Å². The SMILES string of the molecule is CCCC(CNC(=O)c1ccc(C)c(OC)c1)C(=O)O. The van der Waals surface area contributed by atoms with Gasteiger partial charge in [-0.2, -0.15) is 0 Å². The third-order valence-corrected chi connectivity index (χ3v) is 3.17. The quantitative estimate of drug-likeness (QED) is 0.802. The van der Waals surface area contributed by atoms with Crippen LogP contribution in [0.3, 0.4) is 0 Å². The summed E-state index contributed by atoms with van der Waals surface area (Å²) < 4.78 is 5.16. The first-order valence-corrected chi connectivity index (χ1v) is 6.65. The van der Waals surface area contributed by atoms with Crippen LogP contribution in [0.5, 0.6) is 5.75 Å². The molecule has 1 aromatic carbocycles. The zero-order chi connectivity index (χ0) is 15.1. The summed E-state index contributed by atoms with van der Waals surface area (Å²) in [5, 5.41) is 11.7. The molecule has 0 aromatic heterocycles. The van der Waals surface area contributed by atoms with E-state index < -0.39 is 11.9 Å². The Hall–Kier alpha value is -2.04. The number of benzene rings is 1. The summed E-state index contributed by atoms with van der Waals surface area (Å²) in [6.07, 6.45) is 1.32. The van der Waals surface area contributed by atoms with Gasteiger partial charge in [-0.25, -0.2) is 0 Å². The Morgan fingerprint density at radius 1 is 1.40 bits per heavy atom. The smallest absolute Gasteiger partial charge is 0.308 e. The number of nitrogens with one attached hydrogen (secondary N) is 1. The number of carboxylic acid groups (broad SMARTS) is 1. The van der Waals surface area contributed by atoms with E-state index in [1.165, 1.54) is 0 Å². The van der Waals surface area contributed by atoms with Crippen molar-refractivity contribution in [3.63, 3.8) is 0 Å².